The van der Waals surface area contributed by atoms with E-state index in [0.29, 0.717) is 37.9 Å². The lowest BCUT2D eigenvalue weighted by molar-refractivity contribution is -0.145. The predicted molar refractivity (Wildman–Crippen MR) is 135 cm³/mol. The lowest BCUT2D eigenvalue weighted by Crippen LogP contribution is -2.09. The van der Waals surface area contributed by atoms with Crippen molar-refractivity contribution in [2.75, 3.05) is 13.2 Å². The Hall–Kier alpha value is -1.32. The third-order valence-corrected chi connectivity index (χ3v) is 5.33. The van der Waals surface area contributed by atoms with Crippen LogP contribution in [0.4, 0.5) is 0 Å². The molecule has 0 aromatic rings. The molecule has 0 unspecified atom stereocenters. The first kappa shape index (κ1) is 30.7. The average molecular weight is 453 g/mol. The molecule has 0 radical (unpaired) electrons. The topological polar surface area (TPSA) is 52.6 Å². The third kappa shape index (κ3) is 24.9. The number of rotatable bonds is 22. The van der Waals surface area contributed by atoms with Gasteiger partial charge in [-0.2, -0.15) is 0 Å². The highest BCUT2D eigenvalue weighted by molar-refractivity contribution is 5.69. The minimum Gasteiger partial charge on any atom is -0.465 e. The molecular weight excluding hydrogens is 400 g/mol. The van der Waals surface area contributed by atoms with Crippen LogP contribution in [0.15, 0.2) is 12.2 Å². The summed E-state index contributed by atoms with van der Waals surface area (Å²) in [6.45, 7) is 9.32. The second kappa shape index (κ2) is 22.9. The normalized spacial score (nSPS) is 11.6. The zero-order chi connectivity index (χ0) is 23.9. The summed E-state index contributed by atoms with van der Waals surface area (Å²) in [6.07, 6.45) is 22.5. The molecule has 0 bridgehead atoms. The Bertz CT molecular complexity index is 468. The van der Waals surface area contributed by atoms with Crippen molar-refractivity contribution in [1.82, 2.24) is 0 Å². The van der Waals surface area contributed by atoms with E-state index in [0.717, 1.165) is 32.1 Å². The molecule has 32 heavy (non-hydrogen) atoms. The number of hydrogen-bond donors (Lipinski definition) is 0. The molecule has 0 aromatic carbocycles. The van der Waals surface area contributed by atoms with Crippen LogP contribution < -0.4 is 0 Å². The van der Waals surface area contributed by atoms with Crippen molar-refractivity contribution in [1.29, 1.82) is 0 Å². The lowest BCUT2D eigenvalue weighted by Gasteiger charge is -2.07. The maximum atomic E-state index is 11.5. The van der Waals surface area contributed by atoms with E-state index in [1.807, 2.05) is 0 Å². The molecule has 0 aliphatic rings. The van der Waals surface area contributed by atoms with Gasteiger partial charge < -0.3 is 9.47 Å². The van der Waals surface area contributed by atoms with Crippen molar-refractivity contribution >= 4 is 11.9 Å². The highest BCUT2D eigenvalue weighted by atomic mass is 16.5. The van der Waals surface area contributed by atoms with E-state index in [4.69, 9.17) is 9.47 Å². The standard InChI is InChI=1S/C28H52O4/c1-25(2)23-31-27(29)21-19-17-15-13-11-9-7-5-6-8-10-12-14-16-18-20-22-28(30)32-24-26(3)4/h11,13,25-26H,5-10,12,14-24H2,1-4H3/b13-11+. The van der Waals surface area contributed by atoms with Gasteiger partial charge in [-0.05, 0) is 50.4 Å². The first-order valence-corrected chi connectivity index (χ1v) is 13.4. The minimum absolute atomic E-state index is 0.0346. The van der Waals surface area contributed by atoms with E-state index < -0.39 is 0 Å². The first-order chi connectivity index (χ1) is 15.4. The summed E-state index contributed by atoms with van der Waals surface area (Å²) in [5.74, 6) is 0.746. The van der Waals surface area contributed by atoms with E-state index in [2.05, 4.69) is 39.8 Å². The predicted octanol–water partition coefficient (Wildman–Crippen LogP) is 8.18. The Kier molecular flexibility index (Phi) is 21.9. The van der Waals surface area contributed by atoms with Crippen molar-refractivity contribution in [3.8, 4) is 0 Å². The summed E-state index contributed by atoms with van der Waals surface area (Å²) in [4.78, 5) is 23.0. The molecular formula is C28H52O4. The van der Waals surface area contributed by atoms with Crippen molar-refractivity contribution in [3.05, 3.63) is 12.2 Å². The summed E-state index contributed by atoms with van der Waals surface area (Å²) in [5.41, 5.74) is 0. The van der Waals surface area contributed by atoms with E-state index in [9.17, 15) is 9.59 Å². The van der Waals surface area contributed by atoms with Gasteiger partial charge in [0.1, 0.15) is 0 Å². The fraction of sp³-hybridized carbons (Fsp3) is 0.857. The Morgan fingerprint density at radius 3 is 1.25 bits per heavy atom. The second-order valence-electron chi connectivity index (χ2n) is 9.95. The minimum atomic E-state index is -0.0539. The Balaban J connectivity index is 3.24. The van der Waals surface area contributed by atoms with Crippen LogP contribution in [0.3, 0.4) is 0 Å². The van der Waals surface area contributed by atoms with Gasteiger partial charge in [0, 0.05) is 12.8 Å². The van der Waals surface area contributed by atoms with Gasteiger partial charge in [-0.1, -0.05) is 91.2 Å². The van der Waals surface area contributed by atoms with Crippen molar-refractivity contribution in [2.45, 2.75) is 130 Å². The molecule has 0 aromatic heterocycles. The van der Waals surface area contributed by atoms with Crippen LogP contribution in [0.25, 0.3) is 0 Å². The lowest BCUT2D eigenvalue weighted by atomic mass is 10.0. The fourth-order valence-electron chi connectivity index (χ4n) is 3.38. The number of allylic oxidation sites excluding steroid dienone is 2. The summed E-state index contributed by atoms with van der Waals surface area (Å²) < 4.78 is 10.4. The summed E-state index contributed by atoms with van der Waals surface area (Å²) in [7, 11) is 0. The number of esters is 2. The third-order valence-electron chi connectivity index (χ3n) is 5.33. The van der Waals surface area contributed by atoms with E-state index in [1.165, 1.54) is 57.8 Å². The van der Waals surface area contributed by atoms with Gasteiger partial charge in [0.2, 0.25) is 0 Å². The maximum Gasteiger partial charge on any atom is 0.305 e. The monoisotopic (exact) mass is 452 g/mol. The van der Waals surface area contributed by atoms with Gasteiger partial charge in [-0.15, -0.1) is 0 Å². The zero-order valence-electron chi connectivity index (χ0n) is 21.7. The van der Waals surface area contributed by atoms with Crippen LogP contribution >= 0.6 is 0 Å². The maximum absolute atomic E-state index is 11.5. The first-order valence-electron chi connectivity index (χ1n) is 13.4. The highest BCUT2D eigenvalue weighted by Gasteiger charge is 2.04. The van der Waals surface area contributed by atoms with Crippen LogP contribution in [0.2, 0.25) is 0 Å². The molecule has 0 aliphatic heterocycles. The van der Waals surface area contributed by atoms with Crippen molar-refractivity contribution < 1.29 is 19.1 Å². The Labute approximate surface area is 198 Å². The number of ether oxygens (including phenoxy) is 2. The molecule has 188 valence electrons. The summed E-state index contributed by atoms with van der Waals surface area (Å²) in [6, 6.07) is 0. The van der Waals surface area contributed by atoms with Crippen LogP contribution in [-0.4, -0.2) is 25.2 Å². The van der Waals surface area contributed by atoms with Gasteiger partial charge in [-0.3, -0.25) is 9.59 Å². The molecule has 0 saturated heterocycles. The van der Waals surface area contributed by atoms with Gasteiger partial charge in [0.25, 0.3) is 0 Å². The van der Waals surface area contributed by atoms with Gasteiger partial charge in [0.05, 0.1) is 13.2 Å². The largest absolute Gasteiger partial charge is 0.465 e. The van der Waals surface area contributed by atoms with Gasteiger partial charge in [0.15, 0.2) is 0 Å². The van der Waals surface area contributed by atoms with E-state index in [-0.39, 0.29) is 11.9 Å². The molecule has 0 N–H and O–H groups in total. The average Bonchev–Trinajstić information content (AvgIpc) is 2.75. The molecule has 0 heterocycles. The number of hydrogen-bond acceptors (Lipinski definition) is 4. The molecule has 0 fully saturated rings. The molecule has 0 amide bonds. The number of carbonyl (C=O) groups excluding carboxylic acids is 2. The summed E-state index contributed by atoms with van der Waals surface area (Å²) in [5, 5.41) is 0. The smallest absolute Gasteiger partial charge is 0.305 e. The van der Waals surface area contributed by atoms with Crippen LogP contribution in [0.1, 0.15) is 130 Å². The SMILES string of the molecule is CC(C)COC(=O)CCCC/C=C/CCCCCCCCCCCCC(=O)OCC(C)C. The molecule has 0 rings (SSSR count). The molecule has 4 heteroatoms. The molecule has 0 aliphatic carbocycles. The number of carbonyl (C=O) groups is 2. The van der Waals surface area contributed by atoms with Crippen LogP contribution in [0.5, 0.6) is 0 Å². The van der Waals surface area contributed by atoms with E-state index >= 15 is 0 Å². The zero-order valence-corrected chi connectivity index (χ0v) is 21.7. The van der Waals surface area contributed by atoms with Crippen LogP contribution in [0, 0.1) is 11.8 Å². The van der Waals surface area contributed by atoms with Gasteiger partial charge in [-0.25, -0.2) is 0 Å². The molecule has 4 nitrogen and oxygen atoms in total. The number of unbranched alkanes of at least 4 members (excludes halogenated alkanes) is 12. The Morgan fingerprint density at radius 1 is 0.531 bits per heavy atom. The van der Waals surface area contributed by atoms with Crippen LogP contribution in [-0.2, 0) is 19.1 Å². The van der Waals surface area contributed by atoms with E-state index in [1.54, 1.807) is 0 Å². The van der Waals surface area contributed by atoms with Crippen molar-refractivity contribution in [3.63, 3.8) is 0 Å². The Morgan fingerprint density at radius 2 is 0.844 bits per heavy atom. The molecule has 0 atom stereocenters. The second-order valence-corrected chi connectivity index (χ2v) is 9.95. The quantitative estimate of drug-likeness (QED) is 0.0943. The fourth-order valence-corrected chi connectivity index (χ4v) is 3.38. The molecule has 0 saturated carbocycles. The van der Waals surface area contributed by atoms with Crippen molar-refractivity contribution in [2.24, 2.45) is 11.8 Å². The molecule has 0 spiro atoms. The summed E-state index contributed by atoms with van der Waals surface area (Å²) >= 11 is 0. The highest BCUT2D eigenvalue weighted by Crippen LogP contribution is 2.13. The van der Waals surface area contributed by atoms with Gasteiger partial charge >= 0.3 is 11.9 Å².